The highest BCUT2D eigenvalue weighted by molar-refractivity contribution is 5.31. The molecule has 2 aromatic rings. The fourth-order valence-electron chi connectivity index (χ4n) is 3.71. The Morgan fingerprint density at radius 3 is 2.95 bits per heavy atom. The Morgan fingerprint density at radius 2 is 2.14 bits per heavy atom. The third-order valence-electron chi connectivity index (χ3n) is 4.79. The fourth-order valence-corrected chi connectivity index (χ4v) is 3.71. The normalized spacial score (nSPS) is 23.9. The summed E-state index contributed by atoms with van der Waals surface area (Å²) in [5, 5.41) is 3.45. The molecule has 4 rings (SSSR count). The van der Waals surface area contributed by atoms with Gasteiger partial charge in [0, 0.05) is 43.6 Å². The van der Waals surface area contributed by atoms with Crippen LogP contribution in [-0.4, -0.2) is 16.1 Å². The summed E-state index contributed by atoms with van der Waals surface area (Å²) in [5.41, 5.74) is 4.28. The van der Waals surface area contributed by atoms with Gasteiger partial charge >= 0.3 is 0 Å². The van der Waals surface area contributed by atoms with E-state index < -0.39 is 0 Å². The van der Waals surface area contributed by atoms with Gasteiger partial charge in [-0.05, 0) is 18.4 Å². The molecule has 0 radical (unpaired) electrons. The van der Waals surface area contributed by atoms with Gasteiger partial charge in [-0.1, -0.05) is 37.3 Å². The van der Waals surface area contributed by atoms with Crippen LogP contribution in [0.5, 0.6) is 0 Å². The molecule has 2 unspecified atom stereocenters. The maximum absolute atomic E-state index is 4.93. The van der Waals surface area contributed by atoms with E-state index in [9.17, 15) is 0 Å². The standard InChI is InChI=1S/C18H23N3/c1-2-6-18-20-15-12-19-10-9-16(15)21(18)17-11-14(17)13-7-4-3-5-8-13/h3-5,7-8,14,17,19H,2,6,9-12H2,1H3. The van der Waals surface area contributed by atoms with Crippen LogP contribution >= 0.6 is 0 Å². The van der Waals surface area contributed by atoms with Gasteiger partial charge < -0.3 is 9.88 Å². The van der Waals surface area contributed by atoms with Crippen LogP contribution in [0, 0.1) is 0 Å². The summed E-state index contributed by atoms with van der Waals surface area (Å²) in [6.45, 7) is 4.28. The Bertz CT molecular complexity index is 629. The molecule has 0 saturated heterocycles. The molecule has 3 nitrogen and oxygen atoms in total. The molecule has 0 bridgehead atoms. The number of nitrogens with zero attached hydrogens (tertiary/aromatic N) is 2. The molecular formula is C18H23N3. The smallest absolute Gasteiger partial charge is 0.109 e. The monoisotopic (exact) mass is 281 g/mol. The van der Waals surface area contributed by atoms with Crippen molar-refractivity contribution in [2.75, 3.05) is 6.54 Å². The summed E-state index contributed by atoms with van der Waals surface area (Å²) < 4.78 is 2.59. The summed E-state index contributed by atoms with van der Waals surface area (Å²) >= 11 is 0. The van der Waals surface area contributed by atoms with Gasteiger partial charge in [-0.15, -0.1) is 0 Å². The second-order valence-corrected chi connectivity index (χ2v) is 6.29. The summed E-state index contributed by atoms with van der Waals surface area (Å²) in [6.07, 6.45) is 4.68. The summed E-state index contributed by atoms with van der Waals surface area (Å²) in [4.78, 5) is 4.93. The molecule has 2 atom stereocenters. The fraction of sp³-hybridized carbons (Fsp3) is 0.500. The molecule has 0 amide bonds. The molecule has 110 valence electrons. The topological polar surface area (TPSA) is 29.9 Å². The molecule has 1 aliphatic heterocycles. The Kier molecular flexibility index (Phi) is 3.30. The van der Waals surface area contributed by atoms with Crippen LogP contribution in [0.1, 0.15) is 54.5 Å². The van der Waals surface area contributed by atoms with E-state index in [1.165, 1.54) is 35.6 Å². The van der Waals surface area contributed by atoms with Crippen molar-refractivity contribution in [1.82, 2.24) is 14.9 Å². The van der Waals surface area contributed by atoms with E-state index in [-0.39, 0.29) is 0 Å². The van der Waals surface area contributed by atoms with Crippen LogP contribution in [0.15, 0.2) is 30.3 Å². The first-order valence-corrected chi connectivity index (χ1v) is 8.23. The number of imidazole rings is 1. The molecule has 3 heteroatoms. The van der Waals surface area contributed by atoms with E-state index >= 15 is 0 Å². The Balaban J connectivity index is 1.67. The maximum atomic E-state index is 4.93. The van der Waals surface area contributed by atoms with Crippen molar-refractivity contribution < 1.29 is 0 Å². The minimum absolute atomic E-state index is 0.642. The molecule has 0 spiro atoms. The van der Waals surface area contributed by atoms with E-state index in [1.54, 1.807) is 0 Å². The van der Waals surface area contributed by atoms with Crippen LogP contribution in [0.4, 0.5) is 0 Å². The van der Waals surface area contributed by atoms with Crippen LogP contribution in [-0.2, 0) is 19.4 Å². The Hall–Kier alpha value is -1.61. The van der Waals surface area contributed by atoms with Crippen LogP contribution in [0.2, 0.25) is 0 Å². The highest BCUT2D eigenvalue weighted by atomic mass is 15.2. The van der Waals surface area contributed by atoms with Gasteiger partial charge in [-0.3, -0.25) is 0 Å². The number of aryl methyl sites for hydroxylation is 1. The van der Waals surface area contributed by atoms with Crippen LogP contribution in [0.3, 0.4) is 0 Å². The quantitative estimate of drug-likeness (QED) is 0.932. The van der Waals surface area contributed by atoms with E-state index in [1.807, 2.05) is 0 Å². The maximum Gasteiger partial charge on any atom is 0.109 e. The number of nitrogens with one attached hydrogen (secondary N) is 1. The zero-order valence-corrected chi connectivity index (χ0v) is 12.7. The lowest BCUT2D eigenvalue weighted by Gasteiger charge is -2.16. The van der Waals surface area contributed by atoms with E-state index in [0.29, 0.717) is 12.0 Å². The molecule has 21 heavy (non-hydrogen) atoms. The first-order valence-electron chi connectivity index (χ1n) is 8.23. The van der Waals surface area contributed by atoms with Crippen molar-refractivity contribution >= 4 is 0 Å². The van der Waals surface area contributed by atoms with E-state index in [2.05, 4.69) is 47.1 Å². The minimum atomic E-state index is 0.642. The molecule has 1 saturated carbocycles. The average Bonchev–Trinajstić information content (AvgIpc) is 3.23. The van der Waals surface area contributed by atoms with Crippen molar-refractivity contribution in [1.29, 1.82) is 0 Å². The Labute approximate surface area is 126 Å². The van der Waals surface area contributed by atoms with Crippen molar-refractivity contribution in [3.63, 3.8) is 0 Å². The van der Waals surface area contributed by atoms with Gasteiger partial charge in [-0.25, -0.2) is 4.98 Å². The number of rotatable bonds is 4. The van der Waals surface area contributed by atoms with Gasteiger partial charge in [0.25, 0.3) is 0 Å². The largest absolute Gasteiger partial charge is 0.328 e. The molecule has 1 aliphatic carbocycles. The molecule has 2 heterocycles. The lowest BCUT2D eigenvalue weighted by molar-refractivity contribution is 0.578. The third-order valence-corrected chi connectivity index (χ3v) is 4.79. The first-order chi connectivity index (χ1) is 10.4. The third kappa shape index (κ3) is 2.30. The zero-order chi connectivity index (χ0) is 14.2. The van der Waals surface area contributed by atoms with Gasteiger partial charge in [0.2, 0.25) is 0 Å². The molecular weight excluding hydrogens is 258 g/mol. The van der Waals surface area contributed by atoms with E-state index in [4.69, 9.17) is 4.98 Å². The number of aromatic nitrogens is 2. The van der Waals surface area contributed by atoms with Gasteiger partial charge in [0.1, 0.15) is 5.82 Å². The minimum Gasteiger partial charge on any atom is -0.328 e. The number of hydrogen-bond acceptors (Lipinski definition) is 2. The summed E-state index contributed by atoms with van der Waals surface area (Å²) in [6, 6.07) is 11.6. The average molecular weight is 281 g/mol. The SMILES string of the molecule is CCCc1nc2c(n1C1CC1c1ccccc1)CCNC2. The van der Waals surface area contributed by atoms with Gasteiger partial charge in [0.05, 0.1) is 5.69 Å². The highest BCUT2D eigenvalue weighted by Crippen LogP contribution is 2.52. The predicted molar refractivity (Wildman–Crippen MR) is 84.5 cm³/mol. The molecule has 1 aromatic carbocycles. The number of fused-ring (bicyclic) bond motifs is 1. The zero-order valence-electron chi connectivity index (χ0n) is 12.7. The van der Waals surface area contributed by atoms with Crippen molar-refractivity contribution in [2.24, 2.45) is 0 Å². The molecule has 2 aliphatic rings. The molecule has 1 fully saturated rings. The molecule has 1 aromatic heterocycles. The second-order valence-electron chi connectivity index (χ2n) is 6.29. The first kappa shape index (κ1) is 13.1. The lowest BCUT2D eigenvalue weighted by Crippen LogP contribution is -2.25. The Morgan fingerprint density at radius 1 is 1.29 bits per heavy atom. The number of benzene rings is 1. The van der Waals surface area contributed by atoms with Gasteiger partial charge in [0.15, 0.2) is 0 Å². The summed E-state index contributed by atoms with van der Waals surface area (Å²) in [5.74, 6) is 2.00. The predicted octanol–water partition coefficient (Wildman–Crippen LogP) is 3.21. The van der Waals surface area contributed by atoms with Gasteiger partial charge in [-0.2, -0.15) is 0 Å². The van der Waals surface area contributed by atoms with Crippen molar-refractivity contribution in [2.45, 2.75) is 51.1 Å². The summed E-state index contributed by atoms with van der Waals surface area (Å²) in [7, 11) is 0. The van der Waals surface area contributed by atoms with Crippen molar-refractivity contribution in [3.8, 4) is 0 Å². The lowest BCUT2D eigenvalue weighted by atomic mass is 10.1. The number of hydrogen-bond donors (Lipinski definition) is 1. The van der Waals surface area contributed by atoms with Crippen LogP contribution < -0.4 is 5.32 Å². The molecule has 1 N–H and O–H groups in total. The van der Waals surface area contributed by atoms with E-state index in [0.717, 1.165) is 25.9 Å². The van der Waals surface area contributed by atoms with Crippen molar-refractivity contribution in [3.05, 3.63) is 53.1 Å². The second kappa shape index (κ2) is 5.30. The highest BCUT2D eigenvalue weighted by Gasteiger charge is 2.42. The van der Waals surface area contributed by atoms with Crippen LogP contribution in [0.25, 0.3) is 0 Å².